The van der Waals surface area contributed by atoms with Gasteiger partial charge in [0, 0.05) is 36.0 Å². The Morgan fingerprint density at radius 1 is 1.26 bits per heavy atom. The van der Waals surface area contributed by atoms with Gasteiger partial charge in [-0.05, 0) is 35.9 Å². The third-order valence-electron chi connectivity index (χ3n) is 4.72. The maximum Gasteiger partial charge on any atom is 0.266 e. The van der Waals surface area contributed by atoms with Gasteiger partial charge in [0.05, 0.1) is 6.61 Å². The number of halogens is 2. The number of aliphatic hydroxyl groups is 1. The quantitative estimate of drug-likeness (QED) is 0.330. The van der Waals surface area contributed by atoms with Crippen molar-refractivity contribution in [3.63, 3.8) is 0 Å². The first-order chi connectivity index (χ1) is 15.1. The number of hydrogen-bond acceptors (Lipinski definition) is 6. The van der Waals surface area contributed by atoms with Crippen LogP contribution in [-0.4, -0.2) is 55.5 Å². The molecule has 0 saturated heterocycles. The van der Waals surface area contributed by atoms with Crippen LogP contribution < -0.4 is 15.6 Å². The molecule has 0 saturated carbocycles. The Bertz CT molecular complexity index is 910. The summed E-state index contributed by atoms with van der Waals surface area (Å²) < 4.78 is 24.7. The molecule has 1 amide bonds. The highest BCUT2D eigenvalue weighted by molar-refractivity contribution is 9.10. The molecule has 9 heteroatoms. The molecule has 0 fully saturated rings. The zero-order valence-electron chi connectivity index (χ0n) is 16.9. The summed E-state index contributed by atoms with van der Waals surface area (Å²) in [6, 6.07) is 14.8. The van der Waals surface area contributed by atoms with Crippen LogP contribution in [0.1, 0.15) is 17.5 Å². The molecule has 7 nitrogen and oxygen atoms in total. The van der Waals surface area contributed by atoms with Crippen LogP contribution in [0, 0.1) is 0 Å². The third-order valence-corrected chi connectivity index (χ3v) is 5.49. The number of amides is 1. The van der Waals surface area contributed by atoms with Crippen molar-refractivity contribution in [2.75, 3.05) is 33.0 Å². The molecule has 0 unspecified atom stereocenters. The van der Waals surface area contributed by atoms with Gasteiger partial charge >= 0.3 is 0 Å². The average Bonchev–Trinajstić information content (AvgIpc) is 3.21. The molecule has 0 bridgehead atoms. The number of hydrazine groups is 1. The first-order valence-corrected chi connectivity index (χ1v) is 10.8. The normalized spacial score (nSPS) is 17.7. The summed E-state index contributed by atoms with van der Waals surface area (Å²) in [5, 5.41) is 8.85. The van der Waals surface area contributed by atoms with Crippen LogP contribution in [0.3, 0.4) is 0 Å². The minimum absolute atomic E-state index is 0.00598. The summed E-state index contributed by atoms with van der Waals surface area (Å²) in [6.45, 7) is -0.0398. The summed E-state index contributed by atoms with van der Waals surface area (Å²) in [7, 11) is 0. The number of carbonyl (C=O) groups excluding carboxylic acids is 1. The fraction of sp³-hybridized carbons (Fsp3) is 0.364. The van der Waals surface area contributed by atoms with Gasteiger partial charge in [0.15, 0.2) is 5.54 Å². The van der Waals surface area contributed by atoms with E-state index in [1.165, 1.54) is 0 Å². The lowest BCUT2D eigenvalue weighted by atomic mass is 9.91. The smallest absolute Gasteiger partial charge is 0.266 e. The lowest BCUT2D eigenvalue weighted by molar-refractivity contribution is -0.127. The zero-order chi connectivity index (χ0) is 22.1. The SMILES string of the molecule is O=C(NNCCF)[C@]1(Cc2ccccc2Br)COC(c2ccc(OCCCO)cc2)=N1. The van der Waals surface area contributed by atoms with E-state index in [1.807, 2.05) is 24.3 Å². The van der Waals surface area contributed by atoms with Gasteiger partial charge in [0.2, 0.25) is 5.90 Å². The van der Waals surface area contributed by atoms with E-state index in [4.69, 9.17) is 14.6 Å². The second-order valence-corrected chi connectivity index (χ2v) is 7.88. The maximum absolute atomic E-state index is 13.0. The number of benzene rings is 2. The number of aliphatic hydroxyl groups excluding tert-OH is 1. The van der Waals surface area contributed by atoms with E-state index in [-0.39, 0.29) is 19.8 Å². The maximum atomic E-state index is 13.0. The van der Waals surface area contributed by atoms with Crippen LogP contribution in [0.4, 0.5) is 4.39 Å². The standard InChI is InChI=1S/C22H25BrFN3O4/c23-19-5-2-1-4-17(19)14-22(21(29)27-25-11-10-24)15-31-20(26-22)16-6-8-18(9-7-16)30-13-3-12-28/h1-2,4-9,25,28H,3,10-15H2,(H,27,29)/t22-/m0/s1. The zero-order valence-corrected chi connectivity index (χ0v) is 18.5. The van der Waals surface area contributed by atoms with E-state index in [9.17, 15) is 9.18 Å². The highest BCUT2D eigenvalue weighted by atomic mass is 79.9. The number of alkyl halides is 1. The second-order valence-electron chi connectivity index (χ2n) is 7.03. The molecule has 0 radical (unpaired) electrons. The van der Waals surface area contributed by atoms with Crippen molar-refractivity contribution in [2.24, 2.45) is 4.99 Å². The predicted octanol–water partition coefficient (Wildman–Crippen LogP) is 2.56. The first-order valence-electron chi connectivity index (χ1n) is 9.97. The molecule has 3 rings (SSSR count). The Labute approximate surface area is 188 Å². The van der Waals surface area contributed by atoms with Gasteiger partial charge < -0.3 is 14.6 Å². The average molecular weight is 494 g/mol. The Morgan fingerprint density at radius 2 is 2.03 bits per heavy atom. The van der Waals surface area contributed by atoms with Crippen LogP contribution in [0.2, 0.25) is 0 Å². The summed E-state index contributed by atoms with van der Waals surface area (Å²) in [5.74, 6) is 0.633. The molecule has 166 valence electrons. The first kappa shape index (κ1) is 23.2. The van der Waals surface area contributed by atoms with Crippen molar-refractivity contribution in [3.8, 4) is 5.75 Å². The number of nitrogens with one attached hydrogen (secondary N) is 2. The number of nitrogens with zero attached hydrogens (tertiary/aromatic N) is 1. The van der Waals surface area contributed by atoms with Crippen molar-refractivity contribution >= 4 is 27.7 Å². The number of hydrogen-bond donors (Lipinski definition) is 3. The Hall–Kier alpha value is -2.49. The van der Waals surface area contributed by atoms with Crippen molar-refractivity contribution in [1.82, 2.24) is 10.9 Å². The van der Waals surface area contributed by atoms with Crippen molar-refractivity contribution < 1.29 is 23.8 Å². The number of aliphatic imine (C=N–C) groups is 1. The molecule has 0 aliphatic carbocycles. The van der Waals surface area contributed by atoms with Crippen LogP contribution in [0.15, 0.2) is 58.0 Å². The molecule has 1 aliphatic heterocycles. The monoisotopic (exact) mass is 493 g/mol. The molecule has 2 aromatic rings. The third kappa shape index (κ3) is 6.03. The van der Waals surface area contributed by atoms with E-state index < -0.39 is 18.1 Å². The Kier molecular flexibility index (Phi) is 8.39. The minimum Gasteiger partial charge on any atom is -0.494 e. The summed E-state index contributed by atoms with van der Waals surface area (Å²) >= 11 is 3.52. The van der Waals surface area contributed by atoms with Crippen LogP contribution in [0.25, 0.3) is 0 Å². The van der Waals surface area contributed by atoms with Gasteiger partial charge in [0.25, 0.3) is 5.91 Å². The highest BCUT2D eigenvalue weighted by Crippen LogP contribution is 2.30. The molecule has 1 aliphatic rings. The topological polar surface area (TPSA) is 92.2 Å². The minimum atomic E-state index is -1.20. The van der Waals surface area contributed by atoms with Gasteiger partial charge in [-0.15, -0.1) is 0 Å². The number of carbonyl (C=O) groups is 1. The fourth-order valence-electron chi connectivity index (χ4n) is 3.09. The largest absolute Gasteiger partial charge is 0.494 e. The molecule has 1 atom stereocenters. The molecule has 31 heavy (non-hydrogen) atoms. The molecule has 3 N–H and O–H groups in total. The summed E-state index contributed by atoms with van der Waals surface area (Å²) in [6.07, 6.45) is 0.865. The van der Waals surface area contributed by atoms with E-state index >= 15 is 0 Å². The van der Waals surface area contributed by atoms with Gasteiger partial charge in [0.1, 0.15) is 19.0 Å². The lowest BCUT2D eigenvalue weighted by Gasteiger charge is -2.23. The number of ether oxygens (including phenoxy) is 2. The van der Waals surface area contributed by atoms with Crippen LogP contribution in [-0.2, 0) is 16.0 Å². The summed E-state index contributed by atoms with van der Waals surface area (Å²) in [4.78, 5) is 17.7. The Morgan fingerprint density at radius 3 is 2.74 bits per heavy atom. The van der Waals surface area contributed by atoms with Gasteiger partial charge in [-0.1, -0.05) is 34.1 Å². The van der Waals surface area contributed by atoms with Crippen molar-refractivity contribution in [1.29, 1.82) is 0 Å². The fourth-order valence-corrected chi connectivity index (χ4v) is 3.52. The Balaban J connectivity index is 1.82. The number of rotatable bonds is 11. The molecule has 0 aromatic heterocycles. The van der Waals surface area contributed by atoms with Crippen molar-refractivity contribution in [3.05, 3.63) is 64.1 Å². The van der Waals surface area contributed by atoms with E-state index in [0.717, 1.165) is 10.0 Å². The second kappa shape index (κ2) is 11.2. The van der Waals surface area contributed by atoms with Gasteiger partial charge in [-0.2, -0.15) is 0 Å². The van der Waals surface area contributed by atoms with Crippen LogP contribution in [0.5, 0.6) is 5.75 Å². The summed E-state index contributed by atoms with van der Waals surface area (Å²) in [5.41, 5.74) is 5.55. The van der Waals surface area contributed by atoms with Gasteiger partial charge in [-0.25, -0.2) is 14.8 Å². The van der Waals surface area contributed by atoms with Gasteiger partial charge in [-0.3, -0.25) is 10.2 Å². The molecular weight excluding hydrogens is 469 g/mol. The van der Waals surface area contributed by atoms with Crippen LogP contribution >= 0.6 is 15.9 Å². The predicted molar refractivity (Wildman–Crippen MR) is 119 cm³/mol. The molecule has 2 aromatic carbocycles. The van der Waals surface area contributed by atoms with E-state index in [0.29, 0.717) is 36.7 Å². The molecule has 0 spiro atoms. The highest BCUT2D eigenvalue weighted by Gasteiger charge is 2.44. The lowest BCUT2D eigenvalue weighted by Crippen LogP contribution is -2.53. The molecular formula is C22H25BrFN3O4. The van der Waals surface area contributed by atoms with E-state index in [1.54, 1.807) is 24.3 Å². The van der Waals surface area contributed by atoms with E-state index in [2.05, 4.69) is 31.8 Å². The molecule has 1 heterocycles. The van der Waals surface area contributed by atoms with Crippen molar-refractivity contribution in [2.45, 2.75) is 18.4 Å².